The molecule has 5 rings (SSSR count). The molecule has 148 valence electrons. The quantitative estimate of drug-likeness (QED) is 0.664. The van der Waals surface area contributed by atoms with Gasteiger partial charge in [-0.05, 0) is 61.2 Å². The molecule has 0 fully saturated rings. The summed E-state index contributed by atoms with van der Waals surface area (Å²) in [7, 11) is 0. The Bertz CT molecular complexity index is 1160. The number of nitrogens with one attached hydrogen (secondary N) is 1. The van der Waals surface area contributed by atoms with Gasteiger partial charge in [0.25, 0.3) is 5.56 Å². The SMILES string of the molecule is CC(C)n1ncnc1N1CC2=C(CCOc3ccc(-c4ccc[nH]c4=O)cc32)S1. The first-order chi connectivity index (χ1) is 14.1. The van der Waals surface area contributed by atoms with Gasteiger partial charge in [-0.25, -0.2) is 4.68 Å². The molecular weight excluding hydrogens is 386 g/mol. The molecule has 0 atom stereocenters. The molecule has 2 aliphatic rings. The van der Waals surface area contributed by atoms with E-state index >= 15 is 0 Å². The molecule has 2 aromatic heterocycles. The zero-order valence-corrected chi connectivity index (χ0v) is 17.1. The maximum absolute atomic E-state index is 12.3. The van der Waals surface area contributed by atoms with Gasteiger partial charge in [0.15, 0.2) is 0 Å². The van der Waals surface area contributed by atoms with Crippen LogP contribution in [0, 0.1) is 0 Å². The van der Waals surface area contributed by atoms with Crippen LogP contribution >= 0.6 is 11.9 Å². The van der Waals surface area contributed by atoms with Crippen molar-refractivity contribution in [3.8, 4) is 16.9 Å². The van der Waals surface area contributed by atoms with E-state index in [1.54, 1.807) is 24.5 Å². The van der Waals surface area contributed by atoms with Crippen LogP contribution in [-0.2, 0) is 0 Å². The van der Waals surface area contributed by atoms with Crippen LogP contribution in [0.5, 0.6) is 5.75 Å². The van der Waals surface area contributed by atoms with Crippen LogP contribution in [-0.4, -0.2) is 32.9 Å². The molecule has 2 aliphatic heterocycles. The van der Waals surface area contributed by atoms with Gasteiger partial charge in [0.2, 0.25) is 5.95 Å². The van der Waals surface area contributed by atoms with Crippen molar-refractivity contribution in [2.75, 3.05) is 17.5 Å². The van der Waals surface area contributed by atoms with Crippen molar-refractivity contribution in [1.29, 1.82) is 0 Å². The molecule has 0 saturated carbocycles. The number of aromatic nitrogens is 4. The summed E-state index contributed by atoms with van der Waals surface area (Å²) in [4.78, 5) is 20.8. The number of hydrogen-bond acceptors (Lipinski definition) is 6. The van der Waals surface area contributed by atoms with E-state index < -0.39 is 0 Å². The predicted octanol–water partition coefficient (Wildman–Crippen LogP) is 3.88. The van der Waals surface area contributed by atoms with Crippen molar-refractivity contribution < 1.29 is 4.74 Å². The highest BCUT2D eigenvalue weighted by atomic mass is 32.2. The molecule has 3 aromatic rings. The summed E-state index contributed by atoms with van der Waals surface area (Å²) >= 11 is 1.71. The molecule has 0 amide bonds. The van der Waals surface area contributed by atoms with Gasteiger partial charge in [-0.1, -0.05) is 6.07 Å². The number of pyridine rings is 1. The summed E-state index contributed by atoms with van der Waals surface area (Å²) < 4.78 is 10.1. The standard InChI is InChI=1S/C21H21N5O2S/c1-13(2)26-21(23-12-24-26)25-11-17-16-10-14(15-4-3-8-22-20(15)27)5-6-18(16)28-9-7-19(17)29-25/h3-6,8,10,12-13H,7,9,11H2,1-2H3,(H,22,27). The highest BCUT2D eigenvalue weighted by Crippen LogP contribution is 2.46. The van der Waals surface area contributed by atoms with Crippen LogP contribution in [0.25, 0.3) is 16.7 Å². The van der Waals surface area contributed by atoms with Crippen LogP contribution in [0.3, 0.4) is 0 Å². The second-order valence-electron chi connectivity index (χ2n) is 7.35. The summed E-state index contributed by atoms with van der Waals surface area (Å²) in [6.45, 7) is 5.55. The fraction of sp³-hybridized carbons (Fsp3) is 0.286. The van der Waals surface area contributed by atoms with Gasteiger partial charge in [0.1, 0.15) is 12.1 Å². The molecule has 29 heavy (non-hydrogen) atoms. The highest BCUT2D eigenvalue weighted by molar-refractivity contribution is 8.04. The Labute approximate surface area is 172 Å². The van der Waals surface area contributed by atoms with Gasteiger partial charge in [-0.3, -0.25) is 9.10 Å². The van der Waals surface area contributed by atoms with E-state index in [2.05, 4.69) is 39.3 Å². The molecule has 0 aliphatic carbocycles. The van der Waals surface area contributed by atoms with Crippen molar-refractivity contribution in [3.63, 3.8) is 0 Å². The van der Waals surface area contributed by atoms with Crippen molar-refractivity contribution in [3.05, 3.63) is 63.7 Å². The van der Waals surface area contributed by atoms with Crippen molar-refractivity contribution >= 4 is 23.5 Å². The fourth-order valence-corrected chi connectivity index (χ4v) is 4.88. The predicted molar refractivity (Wildman–Crippen MR) is 115 cm³/mol. The van der Waals surface area contributed by atoms with Crippen molar-refractivity contribution in [1.82, 2.24) is 19.7 Å². The Morgan fingerprint density at radius 1 is 1.24 bits per heavy atom. The van der Waals surface area contributed by atoms with Crippen molar-refractivity contribution in [2.24, 2.45) is 0 Å². The number of fused-ring (bicyclic) bond motifs is 2. The minimum Gasteiger partial charge on any atom is -0.493 e. The number of anilines is 1. The minimum atomic E-state index is -0.0938. The molecule has 0 saturated heterocycles. The Morgan fingerprint density at radius 3 is 2.97 bits per heavy atom. The van der Waals surface area contributed by atoms with Crippen LogP contribution in [0.2, 0.25) is 0 Å². The number of ether oxygens (including phenoxy) is 1. The Hall–Kier alpha value is -3.00. The summed E-state index contributed by atoms with van der Waals surface area (Å²) in [5.41, 5.74) is 3.73. The van der Waals surface area contributed by atoms with Crippen LogP contribution in [0.15, 0.2) is 52.6 Å². The maximum Gasteiger partial charge on any atom is 0.255 e. The average molecular weight is 407 g/mol. The summed E-state index contributed by atoms with van der Waals surface area (Å²) in [5.74, 6) is 1.72. The van der Waals surface area contributed by atoms with Gasteiger partial charge in [-0.15, -0.1) is 0 Å². The van der Waals surface area contributed by atoms with Crippen LogP contribution in [0.1, 0.15) is 31.9 Å². The van der Waals surface area contributed by atoms with Gasteiger partial charge in [0, 0.05) is 28.6 Å². The third-order valence-corrected chi connectivity index (χ3v) is 6.33. The van der Waals surface area contributed by atoms with Crippen molar-refractivity contribution in [2.45, 2.75) is 26.3 Å². The number of H-pyrrole nitrogens is 1. The van der Waals surface area contributed by atoms with E-state index in [-0.39, 0.29) is 11.6 Å². The third-order valence-electron chi connectivity index (χ3n) is 5.15. The number of nitrogens with zero attached hydrogens (tertiary/aromatic N) is 4. The first-order valence-corrected chi connectivity index (χ1v) is 10.4. The van der Waals surface area contributed by atoms with Gasteiger partial charge < -0.3 is 9.72 Å². The molecule has 0 radical (unpaired) electrons. The smallest absolute Gasteiger partial charge is 0.255 e. The lowest BCUT2D eigenvalue weighted by molar-refractivity contribution is 0.326. The normalized spacial score (nSPS) is 15.9. The second-order valence-corrected chi connectivity index (χ2v) is 8.47. The molecule has 4 heterocycles. The molecule has 8 heteroatoms. The largest absolute Gasteiger partial charge is 0.493 e. The molecule has 0 bridgehead atoms. The molecule has 1 aromatic carbocycles. The van der Waals surface area contributed by atoms with E-state index in [1.165, 1.54) is 10.5 Å². The lowest BCUT2D eigenvalue weighted by Gasteiger charge is -2.20. The molecule has 1 N–H and O–H groups in total. The monoisotopic (exact) mass is 407 g/mol. The first-order valence-electron chi connectivity index (χ1n) is 9.64. The molecule has 0 unspecified atom stereocenters. The van der Waals surface area contributed by atoms with Crippen LogP contribution < -0.4 is 14.6 Å². The van der Waals surface area contributed by atoms with E-state index in [0.717, 1.165) is 35.8 Å². The highest BCUT2D eigenvalue weighted by Gasteiger charge is 2.31. The maximum atomic E-state index is 12.3. The molecular formula is C21H21N5O2S. The number of hydrogen-bond donors (Lipinski definition) is 1. The first kappa shape index (κ1) is 18.1. The van der Waals surface area contributed by atoms with Crippen LogP contribution in [0.4, 0.5) is 5.95 Å². The Balaban J connectivity index is 1.55. The van der Waals surface area contributed by atoms with Gasteiger partial charge >= 0.3 is 0 Å². The second kappa shape index (κ2) is 7.11. The van der Waals surface area contributed by atoms with E-state index in [0.29, 0.717) is 12.2 Å². The third kappa shape index (κ3) is 3.13. The lowest BCUT2D eigenvalue weighted by atomic mass is 9.98. The Kier molecular flexibility index (Phi) is 4.43. The number of rotatable bonds is 3. The lowest BCUT2D eigenvalue weighted by Crippen LogP contribution is -2.19. The Morgan fingerprint density at radius 2 is 2.14 bits per heavy atom. The van der Waals surface area contributed by atoms with Gasteiger partial charge in [0.05, 0.1) is 19.2 Å². The summed E-state index contributed by atoms with van der Waals surface area (Å²) in [5, 5.41) is 4.37. The number of benzene rings is 1. The minimum absolute atomic E-state index is 0.0938. The molecule has 0 spiro atoms. The number of aromatic amines is 1. The molecule has 7 nitrogen and oxygen atoms in total. The average Bonchev–Trinajstić information content (AvgIpc) is 3.33. The van der Waals surface area contributed by atoms with E-state index in [1.807, 2.05) is 28.9 Å². The van der Waals surface area contributed by atoms with E-state index in [4.69, 9.17) is 4.74 Å². The summed E-state index contributed by atoms with van der Waals surface area (Å²) in [6.07, 6.45) is 4.11. The fourth-order valence-electron chi connectivity index (χ4n) is 3.74. The summed E-state index contributed by atoms with van der Waals surface area (Å²) in [6, 6.07) is 9.91. The zero-order chi connectivity index (χ0) is 20.0. The zero-order valence-electron chi connectivity index (χ0n) is 16.3. The topological polar surface area (TPSA) is 76.0 Å². The van der Waals surface area contributed by atoms with E-state index in [9.17, 15) is 4.79 Å². The van der Waals surface area contributed by atoms with Gasteiger partial charge in [-0.2, -0.15) is 10.1 Å².